The third-order valence-corrected chi connectivity index (χ3v) is 3.66. The Labute approximate surface area is 107 Å². The SMILES string of the molecule is CNC(CC1CCCNC1)c1ccc(F)c(F)c1. The van der Waals surface area contributed by atoms with Gasteiger partial charge in [-0.1, -0.05) is 6.07 Å². The quantitative estimate of drug-likeness (QED) is 0.863. The lowest BCUT2D eigenvalue weighted by molar-refractivity contribution is 0.321. The molecule has 2 atom stereocenters. The fourth-order valence-electron chi connectivity index (χ4n) is 2.61. The van der Waals surface area contributed by atoms with Crippen LogP contribution >= 0.6 is 0 Å². The van der Waals surface area contributed by atoms with Gasteiger partial charge in [0.25, 0.3) is 0 Å². The molecule has 1 aliphatic rings. The molecule has 0 saturated carbocycles. The minimum atomic E-state index is -0.784. The van der Waals surface area contributed by atoms with Gasteiger partial charge in [-0.25, -0.2) is 8.78 Å². The van der Waals surface area contributed by atoms with Gasteiger partial charge in [-0.05, 0) is 63.0 Å². The minimum absolute atomic E-state index is 0.0880. The summed E-state index contributed by atoms with van der Waals surface area (Å²) in [5.41, 5.74) is 0.821. The third kappa shape index (κ3) is 3.27. The van der Waals surface area contributed by atoms with Gasteiger partial charge in [-0.15, -0.1) is 0 Å². The molecule has 0 aromatic heterocycles. The second-order valence-electron chi connectivity index (χ2n) is 4.96. The summed E-state index contributed by atoms with van der Waals surface area (Å²) in [7, 11) is 1.86. The average molecular weight is 254 g/mol. The summed E-state index contributed by atoms with van der Waals surface area (Å²) < 4.78 is 26.2. The summed E-state index contributed by atoms with van der Waals surface area (Å²) in [4.78, 5) is 0. The number of halogens is 2. The Morgan fingerprint density at radius 3 is 2.83 bits per heavy atom. The predicted molar refractivity (Wildman–Crippen MR) is 68.4 cm³/mol. The Hall–Kier alpha value is -1.00. The Morgan fingerprint density at radius 2 is 2.22 bits per heavy atom. The number of rotatable bonds is 4. The van der Waals surface area contributed by atoms with Crippen molar-refractivity contribution in [3.05, 3.63) is 35.4 Å². The van der Waals surface area contributed by atoms with Gasteiger partial charge in [0.2, 0.25) is 0 Å². The van der Waals surface area contributed by atoms with E-state index in [9.17, 15) is 8.78 Å². The van der Waals surface area contributed by atoms with Gasteiger partial charge in [0, 0.05) is 6.04 Å². The molecule has 0 radical (unpaired) electrons. The van der Waals surface area contributed by atoms with Crippen molar-refractivity contribution >= 4 is 0 Å². The van der Waals surface area contributed by atoms with Gasteiger partial charge >= 0.3 is 0 Å². The first-order valence-corrected chi connectivity index (χ1v) is 6.53. The molecule has 1 heterocycles. The first kappa shape index (κ1) is 13.4. The molecule has 2 N–H and O–H groups in total. The van der Waals surface area contributed by atoms with Crippen LogP contribution in [-0.4, -0.2) is 20.1 Å². The van der Waals surface area contributed by atoms with Crippen molar-refractivity contribution in [2.45, 2.75) is 25.3 Å². The van der Waals surface area contributed by atoms with Crippen LogP contribution in [0, 0.1) is 17.6 Å². The molecule has 1 saturated heterocycles. The van der Waals surface area contributed by atoms with E-state index in [1.165, 1.54) is 25.0 Å². The van der Waals surface area contributed by atoms with Crippen molar-refractivity contribution in [3.63, 3.8) is 0 Å². The molecule has 1 aromatic rings. The molecule has 0 aliphatic carbocycles. The molecule has 18 heavy (non-hydrogen) atoms. The Morgan fingerprint density at radius 1 is 1.39 bits per heavy atom. The zero-order valence-electron chi connectivity index (χ0n) is 10.7. The number of hydrogen-bond donors (Lipinski definition) is 2. The van der Waals surface area contributed by atoms with Gasteiger partial charge in [-0.3, -0.25) is 0 Å². The van der Waals surface area contributed by atoms with Crippen molar-refractivity contribution in [2.24, 2.45) is 5.92 Å². The predicted octanol–water partition coefficient (Wildman–Crippen LogP) is 2.62. The second kappa shape index (κ2) is 6.25. The highest BCUT2D eigenvalue weighted by molar-refractivity contribution is 5.21. The van der Waals surface area contributed by atoms with Gasteiger partial charge < -0.3 is 10.6 Å². The molecule has 1 aliphatic heterocycles. The van der Waals surface area contributed by atoms with Crippen LogP contribution in [0.4, 0.5) is 8.78 Å². The van der Waals surface area contributed by atoms with Crippen LogP contribution in [0.5, 0.6) is 0 Å². The molecule has 4 heteroatoms. The van der Waals surface area contributed by atoms with E-state index in [1.807, 2.05) is 7.05 Å². The van der Waals surface area contributed by atoms with Gasteiger partial charge in [0.1, 0.15) is 0 Å². The van der Waals surface area contributed by atoms with Crippen LogP contribution in [0.15, 0.2) is 18.2 Å². The third-order valence-electron chi connectivity index (χ3n) is 3.66. The fraction of sp³-hybridized carbons (Fsp3) is 0.571. The van der Waals surface area contributed by atoms with Gasteiger partial charge in [0.05, 0.1) is 0 Å². The van der Waals surface area contributed by atoms with Crippen molar-refractivity contribution in [1.82, 2.24) is 10.6 Å². The average Bonchev–Trinajstić information content (AvgIpc) is 2.40. The van der Waals surface area contributed by atoms with Crippen LogP contribution in [0.2, 0.25) is 0 Å². The lowest BCUT2D eigenvalue weighted by Gasteiger charge is -2.27. The number of piperidine rings is 1. The van der Waals surface area contributed by atoms with Crippen LogP contribution in [0.3, 0.4) is 0 Å². The molecule has 0 amide bonds. The van der Waals surface area contributed by atoms with Crippen LogP contribution in [0.25, 0.3) is 0 Å². The van der Waals surface area contributed by atoms with E-state index >= 15 is 0 Å². The van der Waals surface area contributed by atoms with Crippen LogP contribution in [-0.2, 0) is 0 Å². The van der Waals surface area contributed by atoms with Crippen molar-refractivity contribution in [1.29, 1.82) is 0 Å². The highest BCUT2D eigenvalue weighted by Gasteiger charge is 2.19. The maximum atomic E-state index is 13.2. The molecule has 1 aromatic carbocycles. The number of hydrogen-bond acceptors (Lipinski definition) is 2. The summed E-state index contributed by atoms with van der Waals surface area (Å²) in [6.45, 7) is 2.10. The van der Waals surface area contributed by atoms with Gasteiger partial charge in [0.15, 0.2) is 11.6 Å². The fourth-order valence-corrected chi connectivity index (χ4v) is 2.61. The molecular weight excluding hydrogens is 234 g/mol. The smallest absolute Gasteiger partial charge is 0.159 e. The largest absolute Gasteiger partial charge is 0.316 e. The number of benzene rings is 1. The monoisotopic (exact) mass is 254 g/mol. The summed E-state index contributed by atoms with van der Waals surface area (Å²) in [6.07, 6.45) is 3.35. The Balaban J connectivity index is 2.04. The van der Waals surface area contributed by atoms with Crippen LogP contribution in [0.1, 0.15) is 30.9 Å². The first-order chi connectivity index (χ1) is 8.70. The standard InChI is InChI=1S/C14H20F2N2/c1-17-14(7-10-3-2-6-18-9-10)11-4-5-12(15)13(16)8-11/h4-5,8,10,14,17-18H,2-3,6-7,9H2,1H3. The van der Waals surface area contributed by atoms with E-state index in [1.54, 1.807) is 6.07 Å². The Bertz CT molecular complexity index is 389. The van der Waals surface area contributed by atoms with E-state index in [0.717, 1.165) is 25.1 Å². The van der Waals surface area contributed by atoms with E-state index in [2.05, 4.69) is 10.6 Å². The summed E-state index contributed by atoms with van der Waals surface area (Å²) >= 11 is 0. The Kier molecular flexibility index (Phi) is 4.66. The molecule has 2 rings (SSSR count). The summed E-state index contributed by atoms with van der Waals surface area (Å²) in [5.74, 6) is -0.952. The summed E-state index contributed by atoms with van der Waals surface area (Å²) in [6, 6.07) is 4.25. The molecule has 2 unspecified atom stereocenters. The van der Waals surface area contributed by atoms with Gasteiger partial charge in [-0.2, -0.15) is 0 Å². The topological polar surface area (TPSA) is 24.1 Å². The van der Waals surface area contributed by atoms with Crippen molar-refractivity contribution < 1.29 is 8.78 Å². The molecule has 1 fully saturated rings. The maximum Gasteiger partial charge on any atom is 0.159 e. The zero-order chi connectivity index (χ0) is 13.0. The molecule has 0 spiro atoms. The minimum Gasteiger partial charge on any atom is -0.316 e. The summed E-state index contributed by atoms with van der Waals surface area (Å²) in [5, 5.41) is 6.57. The maximum absolute atomic E-state index is 13.2. The van der Waals surface area contributed by atoms with Crippen molar-refractivity contribution in [3.8, 4) is 0 Å². The van der Waals surface area contributed by atoms with Crippen LogP contribution < -0.4 is 10.6 Å². The normalized spacial score (nSPS) is 21.8. The number of nitrogens with one attached hydrogen (secondary N) is 2. The zero-order valence-corrected chi connectivity index (χ0v) is 10.7. The van der Waals surface area contributed by atoms with E-state index in [4.69, 9.17) is 0 Å². The molecular formula is C14H20F2N2. The highest BCUT2D eigenvalue weighted by atomic mass is 19.2. The van der Waals surface area contributed by atoms with E-state index < -0.39 is 11.6 Å². The molecule has 0 bridgehead atoms. The van der Waals surface area contributed by atoms with Crippen molar-refractivity contribution in [2.75, 3.05) is 20.1 Å². The molecule has 100 valence electrons. The first-order valence-electron chi connectivity index (χ1n) is 6.53. The molecule has 2 nitrogen and oxygen atoms in total. The second-order valence-corrected chi connectivity index (χ2v) is 4.96. The van der Waals surface area contributed by atoms with E-state index in [-0.39, 0.29) is 6.04 Å². The van der Waals surface area contributed by atoms with E-state index in [0.29, 0.717) is 5.92 Å². The lowest BCUT2D eigenvalue weighted by Crippen LogP contribution is -2.32. The highest BCUT2D eigenvalue weighted by Crippen LogP contribution is 2.26. The lowest BCUT2D eigenvalue weighted by atomic mass is 9.89.